The number of benzene rings is 2. The van der Waals surface area contributed by atoms with Gasteiger partial charge in [-0.15, -0.1) is 0 Å². The topological polar surface area (TPSA) is 110 Å². The highest BCUT2D eigenvalue weighted by atomic mass is 35.5. The number of rotatable bonds is 6. The first-order valence-corrected chi connectivity index (χ1v) is 14.0. The lowest BCUT2D eigenvalue weighted by atomic mass is 9.95. The Bertz CT molecular complexity index is 1790. The van der Waals surface area contributed by atoms with Gasteiger partial charge in [0, 0.05) is 60.3 Å². The second-order valence-corrected chi connectivity index (χ2v) is 11.0. The molecular weight excluding hydrogens is 561 g/mol. The van der Waals surface area contributed by atoms with Gasteiger partial charge in [0.15, 0.2) is 0 Å². The van der Waals surface area contributed by atoms with E-state index in [0.29, 0.717) is 52.1 Å². The summed E-state index contributed by atoms with van der Waals surface area (Å²) in [6.07, 6.45) is 2.81. The molecule has 0 saturated carbocycles. The van der Waals surface area contributed by atoms with Crippen molar-refractivity contribution in [3.63, 3.8) is 0 Å². The third kappa shape index (κ3) is 4.75. The number of carbonyl (C=O) groups is 1. The zero-order valence-corrected chi connectivity index (χ0v) is 24.1. The largest absolute Gasteiger partial charge is 0.481 e. The summed E-state index contributed by atoms with van der Waals surface area (Å²) in [5.41, 5.74) is 4.21. The standard InChI is InChI=1S/C31H29ClFN5O4/c1-16-23(35-29(40)21-11-12-34-37(2)31(21)41)9-8-22(33)26(16)20-6-4-5-19(28(20)32)24-13-17-7-10-25(38-14-18(39)15-38)27(17)30(36-24)42-3/h4-6,8-9,11-13,18,25,39H,7,10,14-15H2,1-3H3,(H,35,40). The number of halogens is 2. The van der Waals surface area contributed by atoms with Crippen LogP contribution in [-0.2, 0) is 13.5 Å². The number of anilines is 1. The highest BCUT2D eigenvalue weighted by Crippen LogP contribution is 2.46. The summed E-state index contributed by atoms with van der Waals surface area (Å²) in [5, 5.41) is 16.7. The van der Waals surface area contributed by atoms with Crippen LogP contribution in [0.1, 0.15) is 39.5 Å². The van der Waals surface area contributed by atoms with Gasteiger partial charge < -0.3 is 15.2 Å². The number of β-amino-alcohol motifs (C(OH)–C–C–N with tert-alkyl or cyclic N) is 1. The van der Waals surface area contributed by atoms with Crippen LogP contribution in [0.4, 0.5) is 10.1 Å². The Kier molecular flexibility index (Phi) is 7.30. The van der Waals surface area contributed by atoms with Crippen molar-refractivity contribution < 1.29 is 19.0 Å². The van der Waals surface area contributed by atoms with Crippen LogP contribution in [0.5, 0.6) is 5.88 Å². The molecule has 0 bridgehead atoms. The number of aryl methyl sites for hydroxylation is 2. The van der Waals surface area contributed by atoms with Crippen LogP contribution < -0.4 is 15.6 Å². The maximum Gasteiger partial charge on any atom is 0.279 e. The molecule has 1 unspecified atom stereocenters. The lowest BCUT2D eigenvalue weighted by molar-refractivity contribution is -0.0256. The fourth-order valence-electron chi connectivity index (χ4n) is 5.92. The summed E-state index contributed by atoms with van der Waals surface area (Å²) in [6, 6.07) is 11.5. The first-order chi connectivity index (χ1) is 20.2. The highest BCUT2D eigenvalue weighted by molar-refractivity contribution is 6.36. The Hall–Kier alpha value is -4.12. The van der Waals surface area contributed by atoms with Crippen molar-refractivity contribution in [3.8, 4) is 28.3 Å². The van der Waals surface area contributed by atoms with Gasteiger partial charge >= 0.3 is 0 Å². The van der Waals surface area contributed by atoms with Crippen LogP contribution in [0.3, 0.4) is 0 Å². The van der Waals surface area contributed by atoms with Gasteiger partial charge in [0.2, 0.25) is 5.88 Å². The molecule has 2 N–H and O–H groups in total. The van der Waals surface area contributed by atoms with Gasteiger partial charge in [-0.3, -0.25) is 14.5 Å². The molecule has 216 valence electrons. The van der Waals surface area contributed by atoms with Crippen LogP contribution >= 0.6 is 11.6 Å². The number of fused-ring (bicyclic) bond motifs is 1. The van der Waals surface area contributed by atoms with Crippen LogP contribution in [0.2, 0.25) is 5.02 Å². The van der Waals surface area contributed by atoms with Crippen molar-refractivity contribution in [1.82, 2.24) is 19.7 Å². The number of aliphatic hydroxyl groups excluding tert-OH is 1. The predicted molar refractivity (Wildman–Crippen MR) is 157 cm³/mol. The molecule has 2 aliphatic rings. The molecule has 1 aliphatic heterocycles. The number of methoxy groups -OCH3 is 1. The number of aliphatic hydroxyl groups is 1. The van der Waals surface area contributed by atoms with Crippen molar-refractivity contribution in [1.29, 1.82) is 0 Å². The maximum absolute atomic E-state index is 15.4. The lowest BCUT2D eigenvalue weighted by Gasteiger charge is -2.40. The van der Waals surface area contributed by atoms with E-state index in [4.69, 9.17) is 21.3 Å². The molecule has 11 heteroatoms. The van der Waals surface area contributed by atoms with Gasteiger partial charge in [-0.2, -0.15) is 5.10 Å². The van der Waals surface area contributed by atoms with Crippen LogP contribution in [-0.4, -0.2) is 57.0 Å². The number of ether oxygens (including phenoxy) is 1. The fourth-order valence-corrected chi connectivity index (χ4v) is 6.24. The van der Waals surface area contributed by atoms with E-state index in [2.05, 4.69) is 15.3 Å². The molecule has 0 radical (unpaired) electrons. The molecule has 1 fully saturated rings. The van der Waals surface area contributed by atoms with Crippen molar-refractivity contribution in [2.24, 2.45) is 7.05 Å². The van der Waals surface area contributed by atoms with Gasteiger partial charge in [-0.25, -0.2) is 14.1 Å². The summed E-state index contributed by atoms with van der Waals surface area (Å²) in [4.78, 5) is 32.3. The Morgan fingerprint density at radius 3 is 2.69 bits per heavy atom. The normalized spacial score (nSPS) is 16.7. The number of nitrogens with one attached hydrogen (secondary N) is 1. The molecule has 1 aliphatic carbocycles. The Labute approximate surface area is 246 Å². The van der Waals surface area contributed by atoms with E-state index in [-0.39, 0.29) is 23.3 Å². The molecule has 1 saturated heterocycles. The lowest BCUT2D eigenvalue weighted by Crippen LogP contribution is -2.51. The zero-order chi connectivity index (χ0) is 29.7. The van der Waals surface area contributed by atoms with E-state index < -0.39 is 17.3 Å². The summed E-state index contributed by atoms with van der Waals surface area (Å²) < 4.78 is 22.2. The van der Waals surface area contributed by atoms with Crippen molar-refractivity contribution >= 4 is 23.2 Å². The zero-order valence-electron chi connectivity index (χ0n) is 23.3. The van der Waals surface area contributed by atoms with Gasteiger partial charge in [0.05, 0.1) is 23.9 Å². The van der Waals surface area contributed by atoms with Crippen molar-refractivity contribution in [2.75, 3.05) is 25.5 Å². The van der Waals surface area contributed by atoms with Crippen molar-refractivity contribution in [2.45, 2.75) is 31.9 Å². The minimum absolute atomic E-state index is 0.0815. The molecule has 1 atom stereocenters. The number of aromatic nitrogens is 3. The highest BCUT2D eigenvalue weighted by Gasteiger charge is 2.38. The number of hydrogen-bond acceptors (Lipinski definition) is 7. The molecule has 42 heavy (non-hydrogen) atoms. The number of likely N-dealkylation sites (tertiary alicyclic amines) is 1. The average molecular weight is 590 g/mol. The fraction of sp³-hybridized carbons (Fsp3) is 0.290. The molecule has 3 heterocycles. The van der Waals surface area contributed by atoms with Gasteiger partial charge in [0.25, 0.3) is 11.5 Å². The Morgan fingerprint density at radius 1 is 1.19 bits per heavy atom. The number of hydrogen-bond donors (Lipinski definition) is 2. The molecule has 2 aromatic carbocycles. The smallest absolute Gasteiger partial charge is 0.279 e. The van der Waals surface area contributed by atoms with Gasteiger partial charge in [-0.05, 0) is 55.2 Å². The number of nitrogens with zero attached hydrogens (tertiary/aromatic N) is 4. The van der Waals surface area contributed by atoms with Crippen LogP contribution in [0.25, 0.3) is 22.4 Å². The molecule has 2 aromatic heterocycles. The first-order valence-electron chi connectivity index (χ1n) is 13.6. The van der Waals surface area contributed by atoms with Crippen LogP contribution in [0, 0.1) is 12.7 Å². The minimum Gasteiger partial charge on any atom is -0.481 e. The van der Waals surface area contributed by atoms with E-state index >= 15 is 4.39 Å². The van der Waals surface area contributed by atoms with Crippen molar-refractivity contribution in [3.05, 3.63) is 92.1 Å². The molecule has 9 nitrogen and oxygen atoms in total. The molecule has 6 rings (SSSR count). The predicted octanol–water partition coefficient (Wildman–Crippen LogP) is 4.53. The van der Waals surface area contributed by atoms with E-state index in [1.807, 2.05) is 12.1 Å². The number of amides is 1. The first kappa shape index (κ1) is 28.0. The van der Waals surface area contributed by atoms with Gasteiger partial charge in [-0.1, -0.05) is 29.8 Å². The molecular formula is C31H29ClFN5O4. The summed E-state index contributed by atoms with van der Waals surface area (Å²) >= 11 is 6.97. The van der Waals surface area contributed by atoms with Crippen LogP contribution in [0.15, 0.2) is 53.5 Å². The number of pyridine rings is 1. The summed E-state index contributed by atoms with van der Waals surface area (Å²) in [5.74, 6) is -0.621. The van der Waals surface area contributed by atoms with Gasteiger partial charge in [0.1, 0.15) is 11.4 Å². The second-order valence-electron chi connectivity index (χ2n) is 10.6. The average Bonchev–Trinajstić information content (AvgIpc) is 3.38. The number of carbonyl (C=O) groups excluding carboxylic acids is 1. The van der Waals surface area contributed by atoms with E-state index in [1.165, 1.54) is 31.4 Å². The SMILES string of the molecule is COc1nc(-c2cccc(-c3c(F)ccc(NC(=O)c4ccnn(C)c4=O)c3C)c2Cl)cc2c1C(N1CC(O)C1)CC2. The molecule has 1 amide bonds. The Balaban J connectivity index is 1.37. The third-order valence-electron chi connectivity index (χ3n) is 8.11. The second kappa shape index (κ2) is 10.9. The molecule has 4 aromatic rings. The monoisotopic (exact) mass is 589 g/mol. The summed E-state index contributed by atoms with van der Waals surface area (Å²) in [6.45, 7) is 2.95. The van der Waals surface area contributed by atoms with E-state index in [9.17, 15) is 14.7 Å². The Morgan fingerprint density at radius 2 is 1.95 bits per heavy atom. The maximum atomic E-state index is 15.4. The summed E-state index contributed by atoms with van der Waals surface area (Å²) in [7, 11) is 3.04. The quantitative estimate of drug-likeness (QED) is 0.340. The van der Waals surface area contributed by atoms with E-state index in [0.717, 1.165) is 28.7 Å². The molecule has 0 spiro atoms. The minimum atomic E-state index is -0.626. The third-order valence-corrected chi connectivity index (χ3v) is 8.52. The van der Waals surface area contributed by atoms with E-state index in [1.54, 1.807) is 26.2 Å².